The van der Waals surface area contributed by atoms with Gasteiger partial charge in [0.05, 0.1) is 0 Å². The van der Waals surface area contributed by atoms with E-state index in [-0.39, 0.29) is 27.1 Å². The van der Waals surface area contributed by atoms with Crippen molar-refractivity contribution in [3.8, 4) is 33.4 Å². The summed E-state index contributed by atoms with van der Waals surface area (Å²) in [7, 11) is 0. The Morgan fingerprint density at radius 1 is 0.388 bits per heavy atom. The van der Waals surface area contributed by atoms with Crippen LogP contribution in [0.4, 0.5) is 0 Å². The summed E-state index contributed by atoms with van der Waals surface area (Å²) in [6, 6.07) is 29.6. The van der Waals surface area contributed by atoms with E-state index in [9.17, 15) is 0 Å². The van der Waals surface area contributed by atoms with Crippen LogP contribution in [0, 0.1) is 11.8 Å². The highest BCUT2D eigenvalue weighted by molar-refractivity contribution is 5.86. The van der Waals surface area contributed by atoms with Crippen LogP contribution in [0.2, 0.25) is 0 Å². The molecule has 0 saturated heterocycles. The van der Waals surface area contributed by atoms with Gasteiger partial charge in [-0.3, -0.25) is 0 Å². The maximum Gasteiger partial charge on any atom is 0.0220 e. The number of hydrogen-bond donors (Lipinski definition) is 0. The molecule has 5 rings (SSSR count). The lowest BCUT2D eigenvalue weighted by Gasteiger charge is -2.36. The summed E-state index contributed by atoms with van der Waals surface area (Å²) < 4.78 is 0. The summed E-state index contributed by atoms with van der Waals surface area (Å²) in [6.07, 6.45) is 2.28. The smallest absolute Gasteiger partial charge is 0.0220 e. The highest BCUT2D eigenvalue weighted by Crippen LogP contribution is 2.56. The number of rotatable bonds is 6. The van der Waals surface area contributed by atoms with Gasteiger partial charge in [0.25, 0.3) is 0 Å². The Balaban J connectivity index is 1.77. The van der Waals surface area contributed by atoms with Gasteiger partial charge < -0.3 is 0 Å². The van der Waals surface area contributed by atoms with E-state index < -0.39 is 0 Å². The second-order valence-corrected chi connectivity index (χ2v) is 20.4. The second kappa shape index (κ2) is 12.6. The van der Waals surface area contributed by atoms with Gasteiger partial charge in [-0.15, -0.1) is 0 Å². The van der Waals surface area contributed by atoms with Crippen molar-refractivity contribution in [3.05, 3.63) is 106 Å². The van der Waals surface area contributed by atoms with E-state index in [0.29, 0.717) is 11.8 Å². The van der Waals surface area contributed by atoms with E-state index in [1.807, 2.05) is 0 Å². The molecule has 0 N–H and O–H groups in total. The summed E-state index contributed by atoms with van der Waals surface area (Å²) in [6.45, 7) is 37.7. The van der Waals surface area contributed by atoms with Gasteiger partial charge >= 0.3 is 0 Å². The van der Waals surface area contributed by atoms with Gasteiger partial charge in [0.2, 0.25) is 0 Å². The van der Waals surface area contributed by atoms with E-state index in [2.05, 4.69) is 184 Å². The minimum atomic E-state index is -0.0397. The fourth-order valence-electron chi connectivity index (χ4n) is 8.09. The Morgan fingerprint density at radius 2 is 0.673 bits per heavy atom. The predicted octanol–water partition coefficient (Wildman–Crippen LogP) is 14.6. The fraction of sp³-hybridized carbons (Fsp3) is 0.510. The van der Waals surface area contributed by atoms with Crippen LogP contribution in [0.15, 0.2) is 72.8 Å². The van der Waals surface area contributed by atoms with Gasteiger partial charge in [-0.1, -0.05) is 171 Å². The first kappa shape index (κ1) is 37.1. The summed E-state index contributed by atoms with van der Waals surface area (Å²) in [5.74, 6) is 1.14. The molecule has 0 fully saturated rings. The van der Waals surface area contributed by atoms with Crippen LogP contribution in [-0.4, -0.2) is 0 Å². The third-order valence-corrected chi connectivity index (χ3v) is 10.9. The van der Waals surface area contributed by atoms with Crippen molar-refractivity contribution >= 4 is 0 Å². The molecule has 0 heteroatoms. The number of fused-ring (bicyclic) bond motifs is 3. The zero-order chi connectivity index (χ0) is 36.5. The zero-order valence-electron chi connectivity index (χ0n) is 34.0. The Bertz CT molecular complexity index is 1630. The summed E-state index contributed by atoms with van der Waals surface area (Å²) >= 11 is 0. The van der Waals surface area contributed by atoms with Crippen molar-refractivity contribution in [2.24, 2.45) is 11.8 Å². The molecule has 0 amide bonds. The van der Waals surface area contributed by atoms with Crippen LogP contribution in [0.5, 0.6) is 0 Å². The third kappa shape index (κ3) is 7.50. The largest absolute Gasteiger partial charge is 0.0627 e. The highest BCUT2D eigenvalue weighted by Gasteiger charge is 2.44. The van der Waals surface area contributed by atoms with E-state index >= 15 is 0 Å². The molecular formula is C49H66. The first-order valence-corrected chi connectivity index (χ1v) is 19.0. The van der Waals surface area contributed by atoms with Gasteiger partial charge in [0.1, 0.15) is 0 Å². The molecule has 4 aromatic rings. The topological polar surface area (TPSA) is 0 Å². The molecule has 0 atom stereocenters. The maximum absolute atomic E-state index is 2.59. The monoisotopic (exact) mass is 655 g/mol. The van der Waals surface area contributed by atoms with Gasteiger partial charge in [0.15, 0.2) is 0 Å². The normalized spacial score (nSPS) is 14.8. The maximum atomic E-state index is 2.59. The van der Waals surface area contributed by atoms with Crippen LogP contribution >= 0.6 is 0 Å². The average molecular weight is 655 g/mol. The molecule has 1 aliphatic carbocycles. The van der Waals surface area contributed by atoms with Crippen molar-refractivity contribution in [1.29, 1.82) is 0 Å². The lowest BCUT2D eigenvalue weighted by Crippen LogP contribution is -2.29. The Morgan fingerprint density at radius 3 is 0.918 bits per heavy atom. The molecule has 4 aromatic carbocycles. The molecule has 0 unspecified atom stereocenters. The van der Waals surface area contributed by atoms with Crippen molar-refractivity contribution in [2.75, 3.05) is 0 Å². The van der Waals surface area contributed by atoms with E-state index in [1.54, 1.807) is 0 Å². The van der Waals surface area contributed by atoms with Gasteiger partial charge in [-0.25, -0.2) is 0 Å². The predicted molar refractivity (Wildman–Crippen MR) is 217 cm³/mol. The molecule has 0 saturated carbocycles. The van der Waals surface area contributed by atoms with Gasteiger partial charge in [0, 0.05) is 5.41 Å². The summed E-state index contributed by atoms with van der Waals surface area (Å²) in [5.41, 5.74) is 17.2. The SMILES string of the molecule is CC(C)CC1(CC(C)C)c2cc(-c3cc(C(C)(C)C)cc(C(C)(C)C)c3)ccc2-c2ccc(-c3cc(C(C)(C)C)cc(C(C)(C)C)c3)cc21. The van der Waals surface area contributed by atoms with Crippen LogP contribution in [0.1, 0.15) is 157 Å². The minimum Gasteiger partial charge on any atom is -0.0627 e. The fourth-order valence-corrected chi connectivity index (χ4v) is 8.09. The molecule has 0 spiro atoms. The molecule has 0 bridgehead atoms. The van der Waals surface area contributed by atoms with Crippen molar-refractivity contribution in [3.63, 3.8) is 0 Å². The van der Waals surface area contributed by atoms with Crippen molar-refractivity contribution in [1.82, 2.24) is 0 Å². The Kier molecular flexibility index (Phi) is 9.54. The molecule has 262 valence electrons. The lowest BCUT2D eigenvalue weighted by atomic mass is 9.67. The molecular weight excluding hydrogens is 589 g/mol. The molecule has 49 heavy (non-hydrogen) atoms. The van der Waals surface area contributed by atoms with Crippen LogP contribution in [0.25, 0.3) is 33.4 Å². The molecule has 0 aromatic heterocycles. The first-order valence-electron chi connectivity index (χ1n) is 19.0. The summed E-state index contributed by atoms with van der Waals surface area (Å²) in [4.78, 5) is 0. The molecule has 0 aliphatic heterocycles. The zero-order valence-corrected chi connectivity index (χ0v) is 34.0. The Hall–Kier alpha value is -3.12. The minimum absolute atomic E-state index is 0.0397. The molecule has 1 aliphatic rings. The first-order chi connectivity index (χ1) is 22.4. The molecule has 0 radical (unpaired) electrons. The van der Waals surface area contributed by atoms with E-state index in [0.717, 1.165) is 12.8 Å². The standard InChI is InChI=1S/C49H66/c1-31(2)29-49(30-32(3)4)43-25-33(35-21-37(45(5,6)7)27-38(22-35)46(8,9)10)17-19-41(43)42-20-18-34(26-44(42)49)36-23-39(47(11,12)13)28-40(24-36)48(14,15)16/h17-28,31-32H,29-30H2,1-16H3. The lowest BCUT2D eigenvalue weighted by molar-refractivity contribution is 0.337. The van der Waals surface area contributed by atoms with Crippen molar-refractivity contribution in [2.45, 2.75) is 151 Å². The third-order valence-electron chi connectivity index (χ3n) is 10.9. The molecule has 0 nitrogen and oxygen atoms in total. The summed E-state index contributed by atoms with van der Waals surface area (Å²) in [5, 5.41) is 0. The quantitative estimate of drug-likeness (QED) is 0.194. The van der Waals surface area contributed by atoms with Crippen LogP contribution in [-0.2, 0) is 27.1 Å². The van der Waals surface area contributed by atoms with E-state index in [1.165, 1.54) is 66.8 Å². The van der Waals surface area contributed by atoms with Crippen molar-refractivity contribution < 1.29 is 0 Å². The van der Waals surface area contributed by atoms with Gasteiger partial charge in [-0.2, -0.15) is 0 Å². The van der Waals surface area contributed by atoms with Gasteiger partial charge in [-0.05, 0) is 125 Å². The number of hydrogen-bond acceptors (Lipinski definition) is 0. The van der Waals surface area contributed by atoms with Crippen LogP contribution in [0.3, 0.4) is 0 Å². The van der Waals surface area contributed by atoms with E-state index in [4.69, 9.17) is 0 Å². The average Bonchev–Trinajstić information content (AvgIpc) is 3.22. The number of benzene rings is 4. The highest BCUT2D eigenvalue weighted by atomic mass is 14.5. The Labute approximate surface area is 301 Å². The molecule has 0 heterocycles. The second-order valence-electron chi connectivity index (χ2n) is 20.4. The van der Waals surface area contributed by atoms with Crippen LogP contribution < -0.4 is 0 Å².